The van der Waals surface area contributed by atoms with Gasteiger partial charge in [0.1, 0.15) is 11.2 Å². The second-order valence-electron chi connectivity index (χ2n) is 13.5. The Morgan fingerprint density at radius 1 is 1.09 bits per heavy atom. The number of hydrogen-bond acceptors (Lipinski definition) is 8. The van der Waals surface area contributed by atoms with Crippen molar-refractivity contribution in [2.45, 2.75) is 104 Å². The molecule has 0 unspecified atom stereocenters. The molecule has 1 fully saturated rings. The van der Waals surface area contributed by atoms with Gasteiger partial charge in [-0.1, -0.05) is 12.8 Å². The highest BCUT2D eigenvalue weighted by atomic mass is 19.1. The van der Waals surface area contributed by atoms with Crippen LogP contribution in [-0.2, 0) is 20.8 Å². The van der Waals surface area contributed by atoms with E-state index in [1.54, 1.807) is 37.7 Å². The number of aryl methyl sites for hydroxylation is 1. The zero-order valence-corrected chi connectivity index (χ0v) is 25.9. The molecule has 230 valence electrons. The molecule has 1 aliphatic carbocycles. The Balaban J connectivity index is 1.56. The van der Waals surface area contributed by atoms with Gasteiger partial charge in [-0.2, -0.15) is 5.10 Å². The summed E-state index contributed by atoms with van der Waals surface area (Å²) in [4.78, 5) is 45.0. The quantitative estimate of drug-likeness (QED) is 0.336. The molecule has 1 N–H and O–H groups in total. The number of ether oxygens (including phenoxy) is 2. The fraction of sp³-hybridized carbons (Fsp3) is 0.531. The summed E-state index contributed by atoms with van der Waals surface area (Å²) in [6.07, 6.45) is 6.12. The molecule has 2 atom stereocenters. The van der Waals surface area contributed by atoms with E-state index in [0.29, 0.717) is 11.1 Å². The Morgan fingerprint density at radius 2 is 1.79 bits per heavy atom. The molecule has 0 aromatic carbocycles. The number of amides is 2. The van der Waals surface area contributed by atoms with Crippen LogP contribution in [0.4, 0.5) is 15.0 Å². The number of esters is 1. The third-order valence-electron chi connectivity index (χ3n) is 7.64. The Bertz CT molecular complexity index is 1590. The Hall–Kier alpha value is -4.02. The van der Waals surface area contributed by atoms with Crippen LogP contribution in [0.5, 0.6) is 0 Å². The van der Waals surface area contributed by atoms with Crippen LogP contribution in [-0.4, -0.2) is 54.7 Å². The predicted molar refractivity (Wildman–Crippen MR) is 159 cm³/mol. The topological polar surface area (TPSA) is 115 Å². The number of rotatable bonds is 5. The van der Waals surface area contributed by atoms with E-state index in [9.17, 15) is 14.4 Å². The van der Waals surface area contributed by atoms with E-state index in [0.717, 1.165) is 36.1 Å². The molecule has 5 rings (SSSR count). The van der Waals surface area contributed by atoms with E-state index in [1.807, 2.05) is 39.8 Å². The van der Waals surface area contributed by atoms with Crippen molar-refractivity contribution >= 4 is 29.3 Å². The Morgan fingerprint density at radius 3 is 2.49 bits per heavy atom. The van der Waals surface area contributed by atoms with Crippen molar-refractivity contribution in [2.24, 2.45) is 5.92 Å². The first-order valence-corrected chi connectivity index (χ1v) is 14.8. The number of hydrogen-bond donors (Lipinski definition) is 1. The van der Waals surface area contributed by atoms with Crippen LogP contribution >= 0.6 is 0 Å². The third kappa shape index (κ3) is 6.50. The number of imide groups is 1. The van der Waals surface area contributed by atoms with E-state index in [4.69, 9.17) is 14.5 Å². The van der Waals surface area contributed by atoms with Crippen molar-refractivity contribution in [2.75, 3.05) is 5.32 Å². The van der Waals surface area contributed by atoms with E-state index in [1.165, 1.54) is 0 Å². The minimum Gasteiger partial charge on any atom is -0.460 e. The summed E-state index contributed by atoms with van der Waals surface area (Å²) in [5.41, 5.74) is 1.07. The molecule has 2 aliphatic rings. The molecule has 43 heavy (non-hydrogen) atoms. The van der Waals surface area contributed by atoms with Gasteiger partial charge >= 0.3 is 12.1 Å². The SMILES string of the molecule is Cc1ccn2ncc(-c3nc(N[C@@H]4CCCC[C@@H]4CC(=O)OC(C)(C)C)c(F)c4c3C(=O)N(C(=O)OC(C)(C)C)C4)c2c1. The molecule has 4 heterocycles. The largest absolute Gasteiger partial charge is 0.460 e. The van der Waals surface area contributed by atoms with Crippen molar-refractivity contribution in [3.05, 3.63) is 47.0 Å². The second kappa shape index (κ2) is 11.2. The van der Waals surface area contributed by atoms with E-state index in [-0.39, 0.29) is 53.5 Å². The lowest BCUT2D eigenvalue weighted by molar-refractivity contribution is -0.156. The van der Waals surface area contributed by atoms with Crippen LogP contribution in [0.2, 0.25) is 0 Å². The maximum Gasteiger partial charge on any atom is 0.417 e. The number of halogens is 1. The first-order chi connectivity index (χ1) is 20.1. The molecule has 10 nitrogen and oxygen atoms in total. The summed E-state index contributed by atoms with van der Waals surface area (Å²) < 4.78 is 29.0. The van der Waals surface area contributed by atoms with Crippen LogP contribution in [0.15, 0.2) is 24.5 Å². The molecule has 11 heteroatoms. The first-order valence-electron chi connectivity index (χ1n) is 14.8. The van der Waals surface area contributed by atoms with Crippen LogP contribution < -0.4 is 5.32 Å². The molecule has 1 saturated carbocycles. The average molecular weight is 594 g/mol. The Labute approximate surface area is 250 Å². The lowest BCUT2D eigenvalue weighted by Gasteiger charge is -2.33. The average Bonchev–Trinajstić information content (AvgIpc) is 3.46. The minimum atomic E-state index is -0.853. The van der Waals surface area contributed by atoms with Crippen LogP contribution in [0.3, 0.4) is 0 Å². The van der Waals surface area contributed by atoms with Gasteiger partial charge in [-0.15, -0.1) is 0 Å². The van der Waals surface area contributed by atoms with Gasteiger partial charge in [0.05, 0.1) is 35.9 Å². The van der Waals surface area contributed by atoms with Gasteiger partial charge in [-0.3, -0.25) is 9.59 Å². The third-order valence-corrected chi connectivity index (χ3v) is 7.64. The summed E-state index contributed by atoms with van der Waals surface area (Å²) >= 11 is 0. The number of pyridine rings is 2. The van der Waals surface area contributed by atoms with Gasteiger partial charge in [0.15, 0.2) is 11.6 Å². The van der Waals surface area contributed by atoms with Crippen molar-refractivity contribution in [3.63, 3.8) is 0 Å². The molecule has 0 saturated heterocycles. The smallest absolute Gasteiger partial charge is 0.417 e. The van der Waals surface area contributed by atoms with Gasteiger partial charge in [0.2, 0.25) is 0 Å². The van der Waals surface area contributed by atoms with Crippen LogP contribution in [0, 0.1) is 18.7 Å². The van der Waals surface area contributed by atoms with Gasteiger partial charge in [0, 0.05) is 23.4 Å². The Kier molecular flexibility index (Phi) is 7.96. The molecule has 0 spiro atoms. The first kappa shape index (κ1) is 30.4. The van der Waals surface area contributed by atoms with Gasteiger partial charge in [-0.05, 0) is 84.9 Å². The van der Waals surface area contributed by atoms with Crippen molar-refractivity contribution in [3.8, 4) is 11.3 Å². The molecular weight excluding hydrogens is 553 g/mol. The van der Waals surface area contributed by atoms with Crippen molar-refractivity contribution in [1.82, 2.24) is 19.5 Å². The number of anilines is 1. The maximum absolute atomic E-state index is 16.3. The predicted octanol–water partition coefficient (Wildman–Crippen LogP) is 6.44. The molecule has 1 aliphatic heterocycles. The number of carbonyl (C=O) groups excluding carboxylic acids is 3. The number of fused-ring (bicyclic) bond motifs is 2. The highest BCUT2D eigenvalue weighted by molar-refractivity contribution is 6.11. The summed E-state index contributed by atoms with van der Waals surface area (Å²) in [7, 11) is 0. The van der Waals surface area contributed by atoms with Crippen molar-refractivity contribution < 1.29 is 28.2 Å². The normalized spacial score (nSPS) is 19.0. The molecule has 3 aromatic rings. The second-order valence-corrected chi connectivity index (χ2v) is 13.5. The fourth-order valence-electron chi connectivity index (χ4n) is 5.79. The molecule has 0 radical (unpaired) electrons. The monoisotopic (exact) mass is 593 g/mol. The zero-order valence-electron chi connectivity index (χ0n) is 25.9. The standard InChI is InChI=1S/C32H40FN5O5/c1-18-12-13-38-23(14-18)20(16-34-38)27-25-21(17-37(29(25)40)30(41)43-32(5,6)7)26(33)28(36-27)35-22-11-9-8-10-19(22)15-24(39)42-31(2,3)4/h12-14,16,19,22H,8-11,15,17H2,1-7H3,(H,35,36)/t19-,22-/m1/s1. The lowest BCUT2D eigenvalue weighted by atomic mass is 9.82. The highest BCUT2D eigenvalue weighted by Crippen LogP contribution is 2.39. The number of nitrogens with zero attached hydrogens (tertiary/aromatic N) is 4. The summed E-state index contributed by atoms with van der Waals surface area (Å²) in [5, 5.41) is 7.71. The molecular formula is C32H40FN5O5. The minimum absolute atomic E-state index is 0.0132. The highest BCUT2D eigenvalue weighted by Gasteiger charge is 2.41. The fourth-order valence-corrected chi connectivity index (χ4v) is 5.79. The summed E-state index contributed by atoms with van der Waals surface area (Å²) in [6.45, 7) is 12.2. The van der Waals surface area contributed by atoms with E-state index >= 15 is 4.39 Å². The van der Waals surface area contributed by atoms with Crippen molar-refractivity contribution in [1.29, 1.82) is 0 Å². The van der Waals surface area contributed by atoms with Gasteiger partial charge < -0.3 is 14.8 Å². The van der Waals surface area contributed by atoms with Crippen LogP contribution in [0.1, 0.15) is 95.1 Å². The van der Waals surface area contributed by atoms with E-state index in [2.05, 4.69) is 10.4 Å². The molecule has 0 bridgehead atoms. The maximum atomic E-state index is 16.3. The summed E-state index contributed by atoms with van der Waals surface area (Å²) in [5.74, 6) is -1.78. The summed E-state index contributed by atoms with van der Waals surface area (Å²) in [6, 6.07) is 3.58. The number of nitrogens with one attached hydrogen (secondary N) is 1. The van der Waals surface area contributed by atoms with Crippen LogP contribution in [0.25, 0.3) is 16.8 Å². The molecule has 3 aromatic heterocycles. The lowest BCUT2D eigenvalue weighted by Crippen LogP contribution is -2.37. The number of aromatic nitrogens is 3. The van der Waals surface area contributed by atoms with Gasteiger partial charge in [-0.25, -0.2) is 23.6 Å². The van der Waals surface area contributed by atoms with Gasteiger partial charge in [0.25, 0.3) is 5.91 Å². The number of carbonyl (C=O) groups is 3. The zero-order chi connectivity index (χ0) is 31.3. The van der Waals surface area contributed by atoms with E-state index < -0.39 is 29.0 Å². The molecule has 2 amide bonds.